The fraction of sp³-hybridized carbons (Fsp3) is 0.412. The maximum Gasteiger partial charge on any atom is 0.161 e. The van der Waals surface area contributed by atoms with Gasteiger partial charge in [0, 0.05) is 55.0 Å². The quantitative estimate of drug-likeness (QED) is 0.853. The molecule has 2 aromatic rings. The smallest absolute Gasteiger partial charge is 0.161 e. The van der Waals surface area contributed by atoms with Crippen molar-refractivity contribution in [1.29, 1.82) is 0 Å². The highest BCUT2D eigenvalue weighted by Gasteiger charge is 2.20. The Bertz CT molecular complexity index is 686. The monoisotopic (exact) mass is 299 g/mol. The van der Waals surface area contributed by atoms with E-state index >= 15 is 0 Å². The van der Waals surface area contributed by atoms with Gasteiger partial charge in [-0.05, 0) is 6.07 Å². The molecular formula is C17H21N3O2. The molecule has 0 unspecified atom stereocenters. The van der Waals surface area contributed by atoms with Gasteiger partial charge in [0.1, 0.15) is 5.82 Å². The van der Waals surface area contributed by atoms with Gasteiger partial charge in [-0.2, -0.15) is 0 Å². The summed E-state index contributed by atoms with van der Waals surface area (Å²) >= 11 is 0. The Morgan fingerprint density at radius 2 is 2.09 bits per heavy atom. The minimum atomic E-state index is -0.0696. The molecule has 5 nitrogen and oxygen atoms in total. The number of para-hydroxylation sites is 1. The van der Waals surface area contributed by atoms with Crippen LogP contribution in [-0.4, -0.2) is 31.6 Å². The molecule has 0 radical (unpaired) electrons. The van der Waals surface area contributed by atoms with Crippen molar-refractivity contribution in [3.63, 3.8) is 0 Å². The average molecular weight is 299 g/mol. The Morgan fingerprint density at radius 1 is 1.27 bits per heavy atom. The van der Waals surface area contributed by atoms with Crippen molar-refractivity contribution in [2.45, 2.75) is 39.3 Å². The molecule has 1 aromatic carbocycles. The molecule has 22 heavy (non-hydrogen) atoms. The van der Waals surface area contributed by atoms with Crippen LogP contribution in [0.1, 0.15) is 42.4 Å². The van der Waals surface area contributed by atoms with Crippen LogP contribution in [0.3, 0.4) is 0 Å². The molecule has 0 spiro atoms. The zero-order valence-electron chi connectivity index (χ0n) is 13.0. The molecule has 1 aliphatic heterocycles. The molecule has 5 heteroatoms. The fourth-order valence-corrected chi connectivity index (χ4v) is 2.75. The summed E-state index contributed by atoms with van der Waals surface area (Å²) in [5.74, 6) is 1.14. The van der Waals surface area contributed by atoms with Crippen molar-refractivity contribution >= 4 is 0 Å². The van der Waals surface area contributed by atoms with Crippen molar-refractivity contribution in [3.8, 4) is 11.5 Å². The summed E-state index contributed by atoms with van der Waals surface area (Å²) in [7, 11) is 0. The molecule has 0 saturated carbocycles. The number of aromatic nitrogens is 2. The summed E-state index contributed by atoms with van der Waals surface area (Å²) in [6, 6.07) is 5.08. The second kappa shape index (κ2) is 5.93. The maximum absolute atomic E-state index is 9.92. The number of aromatic hydroxyl groups is 2. The van der Waals surface area contributed by atoms with E-state index in [0.717, 1.165) is 42.2 Å². The molecule has 0 saturated heterocycles. The number of fused-ring (bicyclic) bond motifs is 1. The normalized spacial score (nSPS) is 15.0. The summed E-state index contributed by atoms with van der Waals surface area (Å²) in [6.07, 6.45) is 2.81. The highest BCUT2D eigenvalue weighted by molar-refractivity contribution is 5.44. The zero-order chi connectivity index (χ0) is 15.7. The average Bonchev–Trinajstić information content (AvgIpc) is 2.51. The zero-order valence-corrected chi connectivity index (χ0v) is 13.0. The number of nitrogens with zero attached hydrogens (tertiary/aromatic N) is 3. The number of phenolic OH excluding ortho intramolecular Hbond substituents is 2. The van der Waals surface area contributed by atoms with E-state index < -0.39 is 0 Å². The van der Waals surface area contributed by atoms with Crippen molar-refractivity contribution in [2.75, 3.05) is 6.54 Å². The molecule has 0 fully saturated rings. The number of rotatable bonds is 3. The second-order valence-corrected chi connectivity index (χ2v) is 6.10. The maximum atomic E-state index is 9.92. The topological polar surface area (TPSA) is 69.5 Å². The van der Waals surface area contributed by atoms with Gasteiger partial charge in [0.15, 0.2) is 11.5 Å². The predicted octanol–water partition coefficient (Wildman–Crippen LogP) is 2.57. The first-order chi connectivity index (χ1) is 10.5. The van der Waals surface area contributed by atoms with Gasteiger partial charge >= 0.3 is 0 Å². The lowest BCUT2D eigenvalue weighted by Gasteiger charge is -2.28. The predicted molar refractivity (Wildman–Crippen MR) is 83.7 cm³/mol. The highest BCUT2D eigenvalue weighted by atomic mass is 16.3. The molecule has 0 amide bonds. The minimum Gasteiger partial charge on any atom is -0.504 e. The van der Waals surface area contributed by atoms with Crippen LogP contribution in [0.15, 0.2) is 24.4 Å². The molecular weight excluding hydrogens is 278 g/mol. The molecule has 0 atom stereocenters. The van der Waals surface area contributed by atoms with Crippen LogP contribution in [0.2, 0.25) is 0 Å². The molecule has 0 bridgehead atoms. The first-order valence-electron chi connectivity index (χ1n) is 7.61. The van der Waals surface area contributed by atoms with Gasteiger partial charge in [-0.3, -0.25) is 4.90 Å². The van der Waals surface area contributed by atoms with Crippen LogP contribution < -0.4 is 0 Å². The SMILES string of the molecule is CC(C)c1ncc2c(n1)CCN(Cc1cccc(O)c1O)C2. The van der Waals surface area contributed by atoms with Crippen LogP contribution in [0.25, 0.3) is 0 Å². The van der Waals surface area contributed by atoms with E-state index in [-0.39, 0.29) is 11.5 Å². The largest absolute Gasteiger partial charge is 0.504 e. The van der Waals surface area contributed by atoms with Gasteiger partial charge in [0.2, 0.25) is 0 Å². The Morgan fingerprint density at radius 3 is 2.86 bits per heavy atom. The second-order valence-electron chi connectivity index (χ2n) is 6.10. The van der Waals surface area contributed by atoms with Crippen molar-refractivity contribution in [2.24, 2.45) is 0 Å². The molecule has 3 rings (SSSR count). The third-order valence-corrected chi connectivity index (χ3v) is 4.04. The third-order valence-electron chi connectivity index (χ3n) is 4.04. The summed E-state index contributed by atoms with van der Waals surface area (Å²) in [6.45, 7) is 6.45. The molecule has 116 valence electrons. The van der Waals surface area contributed by atoms with E-state index in [0.29, 0.717) is 12.5 Å². The van der Waals surface area contributed by atoms with Gasteiger partial charge < -0.3 is 10.2 Å². The number of hydrogen-bond donors (Lipinski definition) is 2. The first kappa shape index (κ1) is 14.8. The fourth-order valence-electron chi connectivity index (χ4n) is 2.75. The number of phenols is 2. The first-order valence-corrected chi connectivity index (χ1v) is 7.61. The Kier molecular flexibility index (Phi) is 3.98. The third kappa shape index (κ3) is 2.90. The van der Waals surface area contributed by atoms with E-state index in [4.69, 9.17) is 0 Å². The number of benzene rings is 1. The molecule has 1 aromatic heterocycles. The minimum absolute atomic E-state index is 0.0281. The van der Waals surface area contributed by atoms with Crippen LogP contribution in [0.5, 0.6) is 11.5 Å². The standard InChI is InChI=1S/C17H21N3O2/c1-11(2)17-18-8-13-10-20(7-6-14(13)19-17)9-12-4-3-5-15(21)16(12)22/h3-5,8,11,21-22H,6-7,9-10H2,1-2H3. The lowest BCUT2D eigenvalue weighted by atomic mass is 10.0. The van der Waals surface area contributed by atoms with Crippen molar-refractivity contribution < 1.29 is 10.2 Å². The van der Waals surface area contributed by atoms with Gasteiger partial charge in [-0.25, -0.2) is 9.97 Å². The van der Waals surface area contributed by atoms with Crippen LogP contribution >= 0.6 is 0 Å². The summed E-state index contributed by atoms with van der Waals surface area (Å²) in [5.41, 5.74) is 3.02. The summed E-state index contributed by atoms with van der Waals surface area (Å²) in [5, 5.41) is 19.5. The molecule has 0 aliphatic carbocycles. The Balaban J connectivity index is 1.76. The van der Waals surface area contributed by atoms with Gasteiger partial charge in [0.05, 0.1) is 0 Å². The van der Waals surface area contributed by atoms with Gasteiger partial charge in [0.25, 0.3) is 0 Å². The molecule has 2 heterocycles. The van der Waals surface area contributed by atoms with Gasteiger partial charge in [-0.1, -0.05) is 26.0 Å². The Hall–Kier alpha value is -2.14. The summed E-state index contributed by atoms with van der Waals surface area (Å²) in [4.78, 5) is 11.3. The lowest BCUT2D eigenvalue weighted by molar-refractivity contribution is 0.238. The van der Waals surface area contributed by atoms with Crippen LogP contribution in [0.4, 0.5) is 0 Å². The highest BCUT2D eigenvalue weighted by Crippen LogP contribution is 2.30. The van der Waals surface area contributed by atoms with Crippen molar-refractivity contribution in [3.05, 3.63) is 47.0 Å². The van der Waals surface area contributed by atoms with E-state index in [1.807, 2.05) is 12.3 Å². The lowest BCUT2D eigenvalue weighted by Crippen LogP contribution is -2.31. The van der Waals surface area contributed by atoms with Crippen LogP contribution in [0, 0.1) is 0 Å². The molecule has 2 N–H and O–H groups in total. The van der Waals surface area contributed by atoms with E-state index in [1.165, 1.54) is 6.07 Å². The van der Waals surface area contributed by atoms with E-state index in [1.54, 1.807) is 6.07 Å². The molecule has 1 aliphatic rings. The van der Waals surface area contributed by atoms with Crippen molar-refractivity contribution in [1.82, 2.24) is 14.9 Å². The van der Waals surface area contributed by atoms with E-state index in [2.05, 4.69) is 28.7 Å². The summed E-state index contributed by atoms with van der Waals surface area (Å²) < 4.78 is 0. The Labute approximate surface area is 130 Å². The van der Waals surface area contributed by atoms with E-state index in [9.17, 15) is 10.2 Å². The number of hydrogen-bond acceptors (Lipinski definition) is 5. The van der Waals surface area contributed by atoms with Crippen LogP contribution in [-0.2, 0) is 19.5 Å². The van der Waals surface area contributed by atoms with Gasteiger partial charge in [-0.15, -0.1) is 0 Å².